The molecule has 6 heterocycles. The average Bonchev–Trinajstić information content (AvgIpc) is 3.31. The zero-order valence-electron chi connectivity index (χ0n) is 35.7. The minimum Gasteiger partial charge on any atom is -0.497 e. The molecule has 0 spiro atoms. The number of rotatable bonds is 9. The molecule has 9 rings (SSSR count). The number of benzene rings is 2. The molecule has 1 amide bonds. The van der Waals surface area contributed by atoms with E-state index in [0.717, 1.165) is 28.8 Å². The number of pyridine rings is 1. The quantitative estimate of drug-likeness (QED) is 0.195. The van der Waals surface area contributed by atoms with Crippen molar-refractivity contribution in [2.45, 2.75) is 90.7 Å². The second-order valence-electron chi connectivity index (χ2n) is 16.9. The van der Waals surface area contributed by atoms with Gasteiger partial charge in [-0.3, -0.25) is 9.91 Å². The summed E-state index contributed by atoms with van der Waals surface area (Å²) in [6.45, 7) is 7.49. The van der Waals surface area contributed by atoms with Crippen molar-refractivity contribution in [2.24, 2.45) is 10.9 Å². The van der Waals surface area contributed by atoms with Crippen molar-refractivity contribution in [3.63, 3.8) is 0 Å². The fourth-order valence-electron chi connectivity index (χ4n) is 9.15. The number of anilines is 1. The highest BCUT2D eigenvalue weighted by Gasteiger charge is 2.53. The second-order valence-corrected chi connectivity index (χ2v) is 18.1. The van der Waals surface area contributed by atoms with Gasteiger partial charge in [0.15, 0.2) is 0 Å². The summed E-state index contributed by atoms with van der Waals surface area (Å²) in [7, 11) is 3.14. The highest BCUT2D eigenvalue weighted by atomic mass is 35.5. The molecular weight excluding hydrogens is 844 g/mol. The number of carbonyl (C=O) groups is 1. The highest BCUT2D eigenvalue weighted by molar-refractivity contribution is 8.02. The Kier molecular flexibility index (Phi) is 11.8. The summed E-state index contributed by atoms with van der Waals surface area (Å²) in [5.41, 5.74) is 1.08. The zero-order valence-corrected chi connectivity index (χ0v) is 37.3. The maximum Gasteiger partial charge on any atom is 0.429 e. The van der Waals surface area contributed by atoms with Gasteiger partial charge in [-0.25, -0.2) is 24.2 Å². The van der Waals surface area contributed by atoms with Crippen LogP contribution < -0.4 is 14.4 Å². The first kappa shape index (κ1) is 43.5. The lowest BCUT2D eigenvalue weighted by Gasteiger charge is -2.57. The van der Waals surface area contributed by atoms with E-state index in [4.69, 9.17) is 35.8 Å². The van der Waals surface area contributed by atoms with Gasteiger partial charge in [-0.2, -0.15) is 13.2 Å². The standard InChI is InChI=1S/C46H49ClF4N6O4S/c1-26-21-36(54(23-27-11-15-29(59-5)16-12-27)24-28-13-17-30(60-6)18-14-28)53-42(40(26)46(49,50)51)39-32(48)22-37(62-7)56-35(41(39)47)10-8-9-31-33-19-20-34-38(31)43(56)52-25-55(34)57(33)44(58)61-45(2,3)4/h11-18,21-22,31,33H,8-10,19-20,23-25H2,1-7H3/t31-,33-/m0/s1. The summed E-state index contributed by atoms with van der Waals surface area (Å²) in [6, 6.07) is 16.0. The number of carbonyl (C=O) groups excluding carboxylic acids is 1. The van der Waals surface area contributed by atoms with E-state index in [1.54, 1.807) is 25.5 Å². The van der Waals surface area contributed by atoms with E-state index in [9.17, 15) is 4.79 Å². The Morgan fingerprint density at radius 3 is 2.15 bits per heavy atom. The van der Waals surface area contributed by atoms with E-state index < -0.39 is 40.5 Å². The van der Waals surface area contributed by atoms with Crippen LogP contribution in [0.15, 0.2) is 98.5 Å². The average molecular weight is 893 g/mol. The summed E-state index contributed by atoms with van der Waals surface area (Å²) in [5, 5.41) is 3.84. The Bertz CT molecular complexity index is 2380. The Hall–Kier alpha value is -5.15. The molecule has 328 valence electrons. The molecule has 2 atom stereocenters. The third-order valence-electron chi connectivity index (χ3n) is 11.8. The van der Waals surface area contributed by atoms with Gasteiger partial charge in [0.25, 0.3) is 0 Å². The maximum atomic E-state index is 17.3. The Balaban J connectivity index is 1.25. The molecule has 0 N–H and O–H groups in total. The van der Waals surface area contributed by atoms with Gasteiger partial charge in [-0.15, -0.1) is 11.8 Å². The monoisotopic (exact) mass is 892 g/mol. The number of hydrogen-bond donors (Lipinski definition) is 0. The van der Waals surface area contributed by atoms with Crippen LogP contribution in [0.1, 0.15) is 80.8 Å². The van der Waals surface area contributed by atoms with Crippen molar-refractivity contribution >= 4 is 46.7 Å². The van der Waals surface area contributed by atoms with Crippen molar-refractivity contribution in [1.29, 1.82) is 0 Å². The van der Waals surface area contributed by atoms with Crippen molar-refractivity contribution in [3.05, 3.63) is 121 Å². The minimum absolute atomic E-state index is 0.0919. The summed E-state index contributed by atoms with van der Waals surface area (Å²) < 4.78 is 80.0. The summed E-state index contributed by atoms with van der Waals surface area (Å²) in [6.07, 6.45) is 0.634. The van der Waals surface area contributed by atoms with Crippen LogP contribution in [-0.2, 0) is 24.0 Å². The third kappa shape index (κ3) is 8.13. The van der Waals surface area contributed by atoms with Crippen LogP contribution in [0.4, 0.5) is 28.2 Å². The number of amides is 1. The molecule has 2 aromatic carbocycles. The molecule has 4 bridgehead atoms. The molecule has 0 saturated carbocycles. The molecule has 1 aromatic heterocycles. The zero-order chi connectivity index (χ0) is 44.2. The lowest BCUT2D eigenvalue weighted by molar-refractivity contribution is -0.138. The third-order valence-corrected chi connectivity index (χ3v) is 12.9. The minimum atomic E-state index is -4.91. The molecule has 6 aliphatic rings. The summed E-state index contributed by atoms with van der Waals surface area (Å²) in [4.78, 5) is 27.1. The van der Waals surface area contributed by atoms with E-state index in [-0.39, 0.29) is 48.1 Å². The Morgan fingerprint density at radius 2 is 1.58 bits per heavy atom. The van der Waals surface area contributed by atoms with Gasteiger partial charge >= 0.3 is 12.3 Å². The van der Waals surface area contributed by atoms with Crippen molar-refractivity contribution in [2.75, 3.05) is 32.0 Å². The number of aryl methyl sites for hydroxylation is 1. The number of hydrogen-bond acceptors (Lipinski definition) is 10. The molecule has 0 radical (unpaired) electrons. The first-order valence-electron chi connectivity index (χ1n) is 20.5. The Morgan fingerprint density at radius 1 is 0.952 bits per heavy atom. The molecule has 10 nitrogen and oxygen atoms in total. The molecule has 1 aliphatic carbocycles. The van der Waals surface area contributed by atoms with Crippen LogP contribution in [-0.4, -0.2) is 70.6 Å². The normalized spacial score (nSPS) is 20.0. The first-order chi connectivity index (χ1) is 29.5. The number of aliphatic imine (C=N–C) groups is 1. The predicted molar refractivity (Wildman–Crippen MR) is 234 cm³/mol. The number of thioether (sulfide) groups is 1. The van der Waals surface area contributed by atoms with E-state index in [2.05, 4.69) is 0 Å². The van der Waals surface area contributed by atoms with Gasteiger partial charge < -0.3 is 19.1 Å². The lowest BCUT2D eigenvalue weighted by Crippen LogP contribution is -2.64. The molecule has 2 fully saturated rings. The number of halogens is 5. The molecular formula is C46H49ClF4N6O4S. The number of methoxy groups -OCH3 is 2. The molecule has 5 aliphatic heterocycles. The van der Waals surface area contributed by atoms with Crippen LogP contribution in [0.5, 0.6) is 11.5 Å². The maximum absolute atomic E-state index is 17.3. The second kappa shape index (κ2) is 16.9. The van der Waals surface area contributed by atoms with Gasteiger partial charge in [-0.1, -0.05) is 35.9 Å². The van der Waals surface area contributed by atoms with Gasteiger partial charge in [0.2, 0.25) is 0 Å². The lowest BCUT2D eigenvalue weighted by atomic mass is 9.74. The highest BCUT2D eigenvalue weighted by Crippen LogP contribution is 2.53. The number of alkyl halides is 3. The summed E-state index contributed by atoms with van der Waals surface area (Å²) in [5.74, 6) is 1.05. The van der Waals surface area contributed by atoms with E-state index >= 15 is 17.6 Å². The van der Waals surface area contributed by atoms with Gasteiger partial charge in [0.1, 0.15) is 41.2 Å². The number of amidine groups is 1. The molecule has 62 heavy (non-hydrogen) atoms. The fourth-order valence-corrected chi connectivity index (χ4v) is 10.1. The van der Waals surface area contributed by atoms with Crippen LogP contribution in [0.3, 0.4) is 0 Å². The molecule has 2 saturated heterocycles. The number of fused-ring (bicyclic) bond motifs is 3. The molecule has 3 aromatic rings. The largest absolute Gasteiger partial charge is 0.497 e. The predicted octanol–water partition coefficient (Wildman–Crippen LogP) is 11.3. The first-order valence-corrected chi connectivity index (χ1v) is 22.1. The van der Waals surface area contributed by atoms with Gasteiger partial charge in [0, 0.05) is 42.1 Å². The van der Waals surface area contributed by atoms with Crippen LogP contribution in [0, 0.1) is 12.8 Å². The number of hydrazine groups is 1. The fraction of sp³-hybridized carbons (Fsp3) is 0.413. The number of aromatic nitrogens is 1. The van der Waals surface area contributed by atoms with Gasteiger partial charge in [0.05, 0.1) is 47.2 Å². The topological polar surface area (TPSA) is 83.0 Å². The van der Waals surface area contributed by atoms with Crippen LogP contribution in [0.25, 0.3) is 5.57 Å². The molecule has 16 heteroatoms. The van der Waals surface area contributed by atoms with Crippen molar-refractivity contribution in [3.8, 4) is 11.5 Å². The van der Waals surface area contributed by atoms with Crippen molar-refractivity contribution < 1.29 is 36.6 Å². The van der Waals surface area contributed by atoms with E-state index in [1.807, 2.05) is 84.1 Å². The SMILES string of the molecule is COc1ccc(CN(Cc2ccc(OC)cc2)c2cc(C)c(C(F)(F)F)c(C3=C(F)C=C(SC)N4C5=NCN6C7=C5[C@@H](CCCC4=C3Cl)[C@H](CC7)N6C(=O)OC(C)(C)C)n2)cc1. The molecule has 0 unspecified atom stereocenters. The van der Waals surface area contributed by atoms with Gasteiger partial charge in [-0.05, 0) is 113 Å². The van der Waals surface area contributed by atoms with E-state index in [1.165, 1.54) is 30.8 Å². The van der Waals surface area contributed by atoms with Crippen LogP contribution in [0.2, 0.25) is 0 Å². The summed E-state index contributed by atoms with van der Waals surface area (Å²) >= 11 is 8.63. The Labute approximate surface area is 368 Å². The number of ether oxygens (including phenoxy) is 3. The smallest absolute Gasteiger partial charge is 0.429 e. The van der Waals surface area contributed by atoms with Crippen LogP contribution >= 0.6 is 23.4 Å². The van der Waals surface area contributed by atoms with Crippen molar-refractivity contribution in [1.82, 2.24) is 19.9 Å². The van der Waals surface area contributed by atoms with E-state index in [0.29, 0.717) is 53.7 Å². The number of nitrogens with zero attached hydrogens (tertiary/aromatic N) is 6. The number of allylic oxidation sites excluding steroid dienone is 6.